The zero-order chi connectivity index (χ0) is 8.91. The monoisotopic (exact) mass is 159 g/mol. The van der Waals surface area contributed by atoms with Crippen molar-refractivity contribution in [3.05, 3.63) is 0 Å². The van der Waals surface area contributed by atoms with E-state index in [1.807, 2.05) is 13.8 Å². The Kier molecular flexibility index (Phi) is 4.11. The van der Waals surface area contributed by atoms with Crippen LogP contribution in [-0.4, -0.2) is 18.1 Å². The Morgan fingerprint density at radius 3 is 2.45 bits per heavy atom. The normalized spacial score (nSPS) is 15.6. The summed E-state index contributed by atoms with van der Waals surface area (Å²) in [4.78, 5) is 11.1. The first-order chi connectivity index (χ1) is 5.04. The molecule has 0 spiro atoms. The van der Waals surface area contributed by atoms with Crippen molar-refractivity contribution >= 4 is 5.97 Å². The summed E-state index contributed by atoms with van der Waals surface area (Å²) >= 11 is 0. The molecule has 3 nitrogen and oxygen atoms in total. The lowest BCUT2D eigenvalue weighted by Gasteiger charge is -2.19. The van der Waals surface area contributed by atoms with Gasteiger partial charge in [-0.2, -0.15) is 0 Å². The molecule has 0 aromatic carbocycles. The van der Waals surface area contributed by atoms with Crippen LogP contribution in [0.4, 0.5) is 0 Å². The van der Waals surface area contributed by atoms with Crippen molar-refractivity contribution in [3.63, 3.8) is 0 Å². The van der Waals surface area contributed by atoms with Crippen molar-refractivity contribution < 1.29 is 9.53 Å². The van der Waals surface area contributed by atoms with E-state index in [-0.39, 0.29) is 5.97 Å². The number of nitrogens with two attached hydrogens (primary N) is 1. The van der Waals surface area contributed by atoms with Gasteiger partial charge in [-0.15, -0.1) is 0 Å². The van der Waals surface area contributed by atoms with E-state index in [0.717, 1.165) is 6.42 Å². The molecule has 0 radical (unpaired) electrons. The van der Waals surface area contributed by atoms with Gasteiger partial charge in [-0.05, 0) is 19.8 Å². The third-order valence-corrected chi connectivity index (χ3v) is 1.64. The summed E-state index contributed by atoms with van der Waals surface area (Å²) in [6.45, 7) is 5.97. The smallest absolute Gasteiger partial charge is 0.325 e. The van der Waals surface area contributed by atoms with Gasteiger partial charge in [0, 0.05) is 0 Å². The molecule has 0 fully saturated rings. The fourth-order valence-corrected chi connectivity index (χ4v) is 0.504. The Balaban J connectivity index is 3.82. The molecule has 0 aliphatic carbocycles. The topological polar surface area (TPSA) is 52.3 Å². The third kappa shape index (κ3) is 3.37. The second kappa shape index (κ2) is 4.34. The van der Waals surface area contributed by atoms with Crippen LogP contribution in [0.15, 0.2) is 0 Å². The van der Waals surface area contributed by atoms with Gasteiger partial charge in [0.2, 0.25) is 0 Å². The highest BCUT2D eigenvalue weighted by molar-refractivity contribution is 5.79. The molecule has 1 atom stereocenters. The van der Waals surface area contributed by atoms with Crippen LogP contribution in [-0.2, 0) is 9.53 Å². The van der Waals surface area contributed by atoms with Crippen molar-refractivity contribution in [2.75, 3.05) is 6.61 Å². The maximum absolute atomic E-state index is 11.1. The van der Waals surface area contributed by atoms with Crippen molar-refractivity contribution in [2.45, 2.75) is 39.2 Å². The number of rotatable bonds is 4. The second-order valence-corrected chi connectivity index (χ2v) is 2.91. The van der Waals surface area contributed by atoms with Crippen LogP contribution in [0.2, 0.25) is 0 Å². The minimum absolute atomic E-state index is 0.304. The minimum Gasteiger partial charge on any atom is -0.464 e. The summed E-state index contributed by atoms with van der Waals surface area (Å²) in [5.74, 6) is -0.304. The van der Waals surface area contributed by atoms with E-state index in [2.05, 4.69) is 0 Å². The molecule has 0 saturated carbocycles. The van der Waals surface area contributed by atoms with Gasteiger partial charge in [-0.25, -0.2) is 0 Å². The maximum Gasteiger partial charge on any atom is 0.325 e. The number of hydrogen-bond acceptors (Lipinski definition) is 3. The molecule has 0 aromatic rings. The highest BCUT2D eigenvalue weighted by Gasteiger charge is 2.27. The van der Waals surface area contributed by atoms with Crippen molar-refractivity contribution in [1.82, 2.24) is 0 Å². The summed E-state index contributed by atoms with van der Waals surface area (Å²) in [6, 6.07) is 0. The summed E-state index contributed by atoms with van der Waals surface area (Å²) < 4.78 is 4.88. The molecular weight excluding hydrogens is 142 g/mol. The summed E-state index contributed by atoms with van der Waals surface area (Å²) in [6.07, 6.45) is 1.45. The van der Waals surface area contributed by atoms with Gasteiger partial charge in [0.05, 0.1) is 6.61 Å². The van der Waals surface area contributed by atoms with E-state index in [1.54, 1.807) is 6.92 Å². The Labute approximate surface area is 67.9 Å². The Hall–Kier alpha value is -0.570. The van der Waals surface area contributed by atoms with Gasteiger partial charge >= 0.3 is 5.97 Å². The molecule has 0 saturated heterocycles. The Morgan fingerprint density at radius 1 is 1.55 bits per heavy atom. The van der Waals surface area contributed by atoms with E-state index in [4.69, 9.17) is 10.5 Å². The molecule has 11 heavy (non-hydrogen) atoms. The Bertz CT molecular complexity index is 132. The highest BCUT2D eigenvalue weighted by Crippen LogP contribution is 2.06. The first-order valence-corrected chi connectivity index (χ1v) is 4.00. The van der Waals surface area contributed by atoms with Gasteiger partial charge in [-0.1, -0.05) is 13.8 Å². The number of esters is 1. The van der Waals surface area contributed by atoms with Gasteiger partial charge in [0.25, 0.3) is 0 Å². The average molecular weight is 159 g/mol. The summed E-state index contributed by atoms with van der Waals surface area (Å²) in [5.41, 5.74) is 4.82. The van der Waals surface area contributed by atoms with Crippen LogP contribution in [0, 0.1) is 0 Å². The van der Waals surface area contributed by atoms with E-state index < -0.39 is 5.54 Å². The molecule has 0 aliphatic rings. The molecule has 2 N–H and O–H groups in total. The largest absolute Gasteiger partial charge is 0.464 e. The molecule has 0 bridgehead atoms. The standard InChI is InChI=1S/C8H17NO2/c1-4-6-11-7(10)8(3,9)5-2/h4-6,9H2,1-3H3/t8-/m0/s1. The zero-order valence-corrected chi connectivity index (χ0v) is 7.52. The van der Waals surface area contributed by atoms with E-state index in [0.29, 0.717) is 13.0 Å². The van der Waals surface area contributed by atoms with Crippen LogP contribution in [0.3, 0.4) is 0 Å². The average Bonchev–Trinajstić information content (AvgIpc) is 2.00. The number of carbonyl (C=O) groups excluding carboxylic acids is 1. The molecular formula is C8H17NO2. The molecule has 0 unspecified atom stereocenters. The molecule has 66 valence electrons. The second-order valence-electron chi connectivity index (χ2n) is 2.91. The van der Waals surface area contributed by atoms with Gasteiger partial charge in [-0.3, -0.25) is 4.79 Å². The van der Waals surface area contributed by atoms with E-state index in [9.17, 15) is 4.79 Å². The van der Waals surface area contributed by atoms with Crippen LogP contribution >= 0.6 is 0 Å². The fourth-order valence-electron chi connectivity index (χ4n) is 0.504. The number of hydrogen-bond donors (Lipinski definition) is 1. The molecule has 0 heterocycles. The third-order valence-electron chi connectivity index (χ3n) is 1.64. The predicted octanol–water partition coefficient (Wildman–Crippen LogP) is 1.07. The van der Waals surface area contributed by atoms with Crippen molar-refractivity contribution in [2.24, 2.45) is 5.73 Å². The van der Waals surface area contributed by atoms with Gasteiger partial charge in [0.15, 0.2) is 0 Å². The van der Waals surface area contributed by atoms with Crippen LogP contribution in [0.25, 0.3) is 0 Å². The van der Waals surface area contributed by atoms with Gasteiger partial charge < -0.3 is 10.5 Å². The van der Waals surface area contributed by atoms with E-state index in [1.165, 1.54) is 0 Å². The lowest BCUT2D eigenvalue weighted by molar-refractivity contribution is -0.149. The lowest BCUT2D eigenvalue weighted by Crippen LogP contribution is -2.45. The quantitative estimate of drug-likeness (QED) is 0.624. The number of carbonyl (C=O) groups is 1. The van der Waals surface area contributed by atoms with Crippen LogP contribution < -0.4 is 5.73 Å². The van der Waals surface area contributed by atoms with Crippen molar-refractivity contribution in [3.8, 4) is 0 Å². The van der Waals surface area contributed by atoms with Crippen molar-refractivity contribution in [1.29, 1.82) is 0 Å². The molecule has 3 heteroatoms. The van der Waals surface area contributed by atoms with Gasteiger partial charge in [0.1, 0.15) is 5.54 Å². The SMILES string of the molecule is CCCOC(=O)[C@@](C)(N)CC. The van der Waals surface area contributed by atoms with Crippen LogP contribution in [0.1, 0.15) is 33.6 Å². The summed E-state index contributed by atoms with van der Waals surface area (Å²) in [5, 5.41) is 0. The molecule has 0 rings (SSSR count). The zero-order valence-electron chi connectivity index (χ0n) is 7.52. The van der Waals surface area contributed by atoms with Crippen LogP contribution in [0.5, 0.6) is 0 Å². The molecule has 0 aliphatic heterocycles. The lowest BCUT2D eigenvalue weighted by atomic mass is 10.0. The highest BCUT2D eigenvalue weighted by atomic mass is 16.5. The maximum atomic E-state index is 11.1. The predicted molar refractivity (Wildman–Crippen MR) is 44.1 cm³/mol. The first-order valence-electron chi connectivity index (χ1n) is 4.00. The minimum atomic E-state index is -0.810. The summed E-state index contributed by atoms with van der Waals surface area (Å²) in [7, 11) is 0. The number of ether oxygens (including phenoxy) is 1. The first kappa shape index (κ1) is 10.4. The Morgan fingerprint density at radius 2 is 2.09 bits per heavy atom. The molecule has 0 amide bonds. The fraction of sp³-hybridized carbons (Fsp3) is 0.875. The molecule has 0 aromatic heterocycles. The van der Waals surface area contributed by atoms with E-state index >= 15 is 0 Å².